The number of carbonyl (C=O) groups excluding carboxylic acids is 1. The highest BCUT2D eigenvalue weighted by Gasteiger charge is 2.45. The average molecular weight is 258 g/mol. The Balaban J connectivity index is 1.70. The molecule has 0 radical (unpaired) electrons. The first-order valence-electron chi connectivity index (χ1n) is 6.69. The molecule has 0 saturated heterocycles. The normalized spacial score (nSPS) is 16.8. The van der Waals surface area contributed by atoms with Gasteiger partial charge in [0.15, 0.2) is 0 Å². The summed E-state index contributed by atoms with van der Waals surface area (Å²) >= 11 is 0. The molecule has 0 atom stereocenters. The molecule has 0 spiro atoms. The van der Waals surface area contributed by atoms with E-state index < -0.39 is 0 Å². The standard InChI is InChI=1S/C14H18N4O/c1-9(2)14(5-6-14)8-15-13(19)10-3-4-11-12(7-10)17-18-16-11/h3-4,7,9H,5-6,8H2,1-2H3,(H,15,19)(H,16,17,18). The lowest BCUT2D eigenvalue weighted by molar-refractivity contribution is 0.0940. The second-order valence-electron chi connectivity index (χ2n) is 5.73. The molecule has 3 rings (SSSR count). The van der Waals surface area contributed by atoms with Crippen LogP contribution in [0, 0.1) is 11.3 Å². The highest BCUT2D eigenvalue weighted by molar-refractivity contribution is 5.97. The van der Waals surface area contributed by atoms with Gasteiger partial charge in [-0.05, 0) is 42.4 Å². The number of rotatable bonds is 4. The summed E-state index contributed by atoms with van der Waals surface area (Å²) in [5, 5.41) is 13.6. The molecule has 1 saturated carbocycles. The van der Waals surface area contributed by atoms with Crippen LogP contribution in [0.1, 0.15) is 37.0 Å². The quantitative estimate of drug-likeness (QED) is 0.882. The van der Waals surface area contributed by atoms with E-state index in [0.29, 0.717) is 16.9 Å². The molecule has 100 valence electrons. The minimum Gasteiger partial charge on any atom is -0.351 e. The second-order valence-corrected chi connectivity index (χ2v) is 5.73. The minimum atomic E-state index is -0.0307. The van der Waals surface area contributed by atoms with Crippen molar-refractivity contribution in [2.24, 2.45) is 11.3 Å². The molecule has 1 aromatic carbocycles. The Bertz CT molecular complexity index is 613. The van der Waals surface area contributed by atoms with Gasteiger partial charge in [0.1, 0.15) is 11.0 Å². The molecule has 2 N–H and O–H groups in total. The van der Waals surface area contributed by atoms with Crippen molar-refractivity contribution in [2.75, 3.05) is 6.54 Å². The number of hydrogen-bond donors (Lipinski definition) is 2. The van der Waals surface area contributed by atoms with Crippen LogP contribution in [0.15, 0.2) is 18.2 Å². The van der Waals surface area contributed by atoms with Crippen molar-refractivity contribution in [3.05, 3.63) is 23.8 Å². The molecule has 1 aliphatic rings. The first kappa shape index (κ1) is 12.1. The molecular formula is C14H18N4O. The van der Waals surface area contributed by atoms with Crippen LogP contribution in [-0.2, 0) is 0 Å². The number of aromatic nitrogens is 3. The van der Waals surface area contributed by atoms with E-state index in [-0.39, 0.29) is 5.91 Å². The van der Waals surface area contributed by atoms with Crippen LogP contribution >= 0.6 is 0 Å². The molecule has 1 aliphatic carbocycles. The number of nitrogens with zero attached hydrogens (tertiary/aromatic N) is 2. The van der Waals surface area contributed by atoms with E-state index in [1.165, 1.54) is 12.8 Å². The number of amides is 1. The zero-order valence-corrected chi connectivity index (χ0v) is 11.2. The van der Waals surface area contributed by atoms with Crippen molar-refractivity contribution >= 4 is 16.9 Å². The predicted octanol–water partition coefficient (Wildman–Crippen LogP) is 2.12. The number of fused-ring (bicyclic) bond motifs is 1. The van der Waals surface area contributed by atoms with Crippen molar-refractivity contribution in [1.29, 1.82) is 0 Å². The molecule has 0 bridgehead atoms. The third-order valence-electron chi connectivity index (χ3n) is 4.30. The molecule has 0 aliphatic heterocycles. The van der Waals surface area contributed by atoms with Crippen molar-refractivity contribution in [1.82, 2.24) is 20.7 Å². The van der Waals surface area contributed by atoms with Gasteiger partial charge in [-0.3, -0.25) is 4.79 Å². The van der Waals surface area contributed by atoms with Gasteiger partial charge in [0.05, 0.1) is 0 Å². The monoisotopic (exact) mass is 258 g/mol. The maximum atomic E-state index is 12.1. The molecule has 1 fully saturated rings. The Kier molecular flexibility index (Phi) is 2.77. The Morgan fingerprint density at radius 3 is 2.79 bits per heavy atom. The Morgan fingerprint density at radius 1 is 1.37 bits per heavy atom. The van der Waals surface area contributed by atoms with Crippen LogP contribution in [0.4, 0.5) is 0 Å². The number of nitrogens with one attached hydrogen (secondary N) is 2. The third-order valence-corrected chi connectivity index (χ3v) is 4.30. The van der Waals surface area contributed by atoms with Gasteiger partial charge in [-0.15, -0.1) is 0 Å². The van der Waals surface area contributed by atoms with Crippen molar-refractivity contribution in [3.63, 3.8) is 0 Å². The van der Waals surface area contributed by atoms with Crippen LogP contribution in [-0.4, -0.2) is 27.9 Å². The third kappa shape index (κ3) is 2.20. The summed E-state index contributed by atoms with van der Waals surface area (Å²) < 4.78 is 0. The Labute approximate surface area is 111 Å². The lowest BCUT2D eigenvalue weighted by Crippen LogP contribution is -2.32. The van der Waals surface area contributed by atoms with Crippen molar-refractivity contribution < 1.29 is 4.79 Å². The molecule has 19 heavy (non-hydrogen) atoms. The van der Waals surface area contributed by atoms with Crippen LogP contribution in [0.3, 0.4) is 0 Å². The summed E-state index contributed by atoms with van der Waals surface area (Å²) in [4.78, 5) is 12.1. The van der Waals surface area contributed by atoms with E-state index in [9.17, 15) is 4.79 Å². The molecule has 5 nitrogen and oxygen atoms in total. The number of hydrogen-bond acceptors (Lipinski definition) is 3. The van der Waals surface area contributed by atoms with Crippen molar-refractivity contribution in [2.45, 2.75) is 26.7 Å². The van der Waals surface area contributed by atoms with E-state index in [0.717, 1.165) is 17.6 Å². The summed E-state index contributed by atoms with van der Waals surface area (Å²) in [6.45, 7) is 5.21. The van der Waals surface area contributed by atoms with Crippen LogP contribution < -0.4 is 5.32 Å². The summed E-state index contributed by atoms with van der Waals surface area (Å²) in [5.74, 6) is 0.586. The van der Waals surface area contributed by atoms with Gasteiger partial charge in [-0.25, -0.2) is 0 Å². The van der Waals surface area contributed by atoms with Gasteiger partial charge in [0.2, 0.25) is 0 Å². The number of benzene rings is 1. The summed E-state index contributed by atoms with van der Waals surface area (Å²) in [5.41, 5.74) is 2.46. The minimum absolute atomic E-state index is 0.0307. The molecule has 2 aromatic rings. The first-order valence-corrected chi connectivity index (χ1v) is 6.69. The summed E-state index contributed by atoms with van der Waals surface area (Å²) in [7, 11) is 0. The molecule has 5 heteroatoms. The highest BCUT2D eigenvalue weighted by Crippen LogP contribution is 2.51. The van der Waals surface area contributed by atoms with Gasteiger partial charge in [-0.1, -0.05) is 13.8 Å². The largest absolute Gasteiger partial charge is 0.351 e. The summed E-state index contributed by atoms with van der Waals surface area (Å²) in [6, 6.07) is 5.36. The second kappa shape index (κ2) is 4.33. The molecule has 1 aromatic heterocycles. The van der Waals surface area contributed by atoms with E-state index in [1.807, 2.05) is 6.07 Å². The topological polar surface area (TPSA) is 70.7 Å². The van der Waals surface area contributed by atoms with Crippen LogP contribution in [0.2, 0.25) is 0 Å². The fraction of sp³-hybridized carbons (Fsp3) is 0.500. The van der Waals surface area contributed by atoms with E-state index in [4.69, 9.17) is 0 Å². The highest BCUT2D eigenvalue weighted by atomic mass is 16.1. The van der Waals surface area contributed by atoms with E-state index >= 15 is 0 Å². The predicted molar refractivity (Wildman–Crippen MR) is 72.7 cm³/mol. The molecular weight excluding hydrogens is 240 g/mol. The number of aromatic amines is 1. The smallest absolute Gasteiger partial charge is 0.251 e. The average Bonchev–Trinajstić information content (AvgIpc) is 3.06. The van der Waals surface area contributed by atoms with Crippen molar-refractivity contribution in [3.8, 4) is 0 Å². The first-order chi connectivity index (χ1) is 9.11. The van der Waals surface area contributed by atoms with E-state index in [1.54, 1.807) is 12.1 Å². The lowest BCUT2D eigenvalue weighted by atomic mass is 9.92. The van der Waals surface area contributed by atoms with E-state index in [2.05, 4.69) is 34.6 Å². The van der Waals surface area contributed by atoms with Gasteiger partial charge >= 0.3 is 0 Å². The number of H-pyrrole nitrogens is 1. The van der Waals surface area contributed by atoms with Crippen LogP contribution in [0.25, 0.3) is 11.0 Å². The number of carbonyl (C=O) groups is 1. The van der Waals surface area contributed by atoms with Gasteiger partial charge in [0.25, 0.3) is 5.91 Å². The molecule has 0 unspecified atom stereocenters. The zero-order valence-electron chi connectivity index (χ0n) is 11.2. The summed E-state index contributed by atoms with van der Waals surface area (Å²) in [6.07, 6.45) is 2.43. The molecule has 1 heterocycles. The maximum Gasteiger partial charge on any atom is 0.251 e. The zero-order chi connectivity index (χ0) is 13.5. The Morgan fingerprint density at radius 2 is 2.11 bits per heavy atom. The van der Waals surface area contributed by atoms with Crippen LogP contribution in [0.5, 0.6) is 0 Å². The van der Waals surface area contributed by atoms with Gasteiger partial charge in [0, 0.05) is 12.1 Å². The fourth-order valence-corrected chi connectivity index (χ4v) is 2.46. The Hall–Kier alpha value is -1.91. The van der Waals surface area contributed by atoms with Gasteiger partial charge < -0.3 is 5.32 Å². The maximum absolute atomic E-state index is 12.1. The fourth-order valence-electron chi connectivity index (χ4n) is 2.46. The van der Waals surface area contributed by atoms with Gasteiger partial charge in [-0.2, -0.15) is 15.4 Å². The SMILES string of the molecule is CC(C)C1(CNC(=O)c2ccc3n[nH]nc3c2)CC1. The molecule has 1 amide bonds. The lowest BCUT2D eigenvalue weighted by Gasteiger charge is -2.19.